The molecule has 0 aromatic carbocycles. The molecule has 0 radical (unpaired) electrons. The predicted octanol–water partition coefficient (Wildman–Crippen LogP) is 0.709. The first kappa shape index (κ1) is 15.6. The Kier molecular flexibility index (Phi) is 4.68. The summed E-state index contributed by atoms with van der Waals surface area (Å²) in [5.74, 6) is -1.48. The number of carboxylic acid groups (broad SMARTS) is 1. The molecule has 1 N–H and O–H groups in total. The Morgan fingerprint density at radius 1 is 1.42 bits per heavy atom. The first-order valence-corrected chi connectivity index (χ1v) is 6.61. The average molecular weight is 270 g/mol. The second-order valence-electron chi connectivity index (χ2n) is 5.25. The summed E-state index contributed by atoms with van der Waals surface area (Å²) in [6.07, 6.45) is 0.780. The molecule has 2 amide bonds. The molecule has 19 heavy (non-hydrogen) atoms. The lowest BCUT2D eigenvalue weighted by Gasteiger charge is -2.37. The average Bonchev–Trinajstić information content (AvgIpc) is 2.58. The molecular formula is C13H22N2O4. The van der Waals surface area contributed by atoms with E-state index in [4.69, 9.17) is 0 Å². The normalized spacial score (nSPS) is 20.5. The van der Waals surface area contributed by atoms with Gasteiger partial charge in [0.05, 0.1) is 12.5 Å². The van der Waals surface area contributed by atoms with Gasteiger partial charge in [-0.05, 0) is 26.8 Å². The van der Waals surface area contributed by atoms with Crippen molar-refractivity contribution in [1.29, 1.82) is 0 Å². The SMILES string of the molecule is CCCN1C(=O)CC(N(CC)C(C)(C)C(=O)O)C1=O. The molecule has 1 atom stereocenters. The number of likely N-dealkylation sites (tertiary alicyclic amines) is 1. The highest BCUT2D eigenvalue weighted by molar-refractivity contribution is 6.05. The summed E-state index contributed by atoms with van der Waals surface area (Å²) in [6.45, 7) is 7.61. The van der Waals surface area contributed by atoms with Crippen LogP contribution in [0, 0.1) is 0 Å². The minimum absolute atomic E-state index is 0.0728. The largest absolute Gasteiger partial charge is 0.480 e. The first-order valence-electron chi connectivity index (χ1n) is 6.61. The molecule has 1 aliphatic heterocycles. The number of amides is 2. The Morgan fingerprint density at radius 3 is 2.42 bits per heavy atom. The van der Waals surface area contributed by atoms with E-state index in [1.165, 1.54) is 4.90 Å². The molecule has 1 fully saturated rings. The number of carbonyl (C=O) groups excluding carboxylic acids is 2. The zero-order valence-corrected chi connectivity index (χ0v) is 12.0. The smallest absolute Gasteiger partial charge is 0.323 e. The van der Waals surface area contributed by atoms with Crippen molar-refractivity contribution in [1.82, 2.24) is 9.80 Å². The van der Waals surface area contributed by atoms with Crippen molar-refractivity contribution in [3.05, 3.63) is 0 Å². The van der Waals surface area contributed by atoms with E-state index in [9.17, 15) is 19.5 Å². The van der Waals surface area contributed by atoms with Crippen molar-refractivity contribution < 1.29 is 19.5 Å². The number of imide groups is 1. The van der Waals surface area contributed by atoms with Gasteiger partial charge in [0.2, 0.25) is 11.8 Å². The molecule has 1 rings (SSSR count). The van der Waals surface area contributed by atoms with Crippen LogP contribution < -0.4 is 0 Å². The fraction of sp³-hybridized carbons (Fsp3) is 0.769. The van der Waals surface area contributed by atoms with Crippen molar-refractivity contribution in [3.63, 3.8) is 0 Å². The van der Waals surface area contributed by atoms with Crippen LogP contribution in [0.4, 0.5) is 0 Å². The zero-order chi connectivity index (χ0) is 14.8. The van der Waals surface area contributed by atoms with Crippen molar-refractivity contribution in [2.24, 2.45) is 0 Å². The fourth-order valence-corrected chi connectivity index (χ4v) is 2.50. The van der Waals surface area contributed by atoms with Crippen molar-refractivity contribution >= 4 is 17.8 Å². The zero-order valence-electron chi connectivity index (χ0n) is 12.0. The van der Waals surface area contributed by atoms with Crippen molar-refractivity contribution in [3.8, 4) is 0 Å². The molecule has 0 bridgehead atoms. The van der Waals surface area contributed by atoms with Crippen LogP contribution in [-0.2, 0) is 14.4 Å². The molecule has 1 heterocycles. The minimum Gasteiger partial charge on any atom is -0.480 e. The maximum atomic E-state index is 12.2. The molecule has 0 aliphatic carbocycles. The molecule has 0 saturated carbocycles. The Morgan fingerprint density at radius 2 is 2.00 bits per heavy atom. The van der Waals surface area contributed by atoms with Gasteiger partial charge in [0, 0.05) is 6.54 Å². The van der Waals surface area contributed by atoms with Gasteiger partial charge in [0.1, 0.15) is 5.54 Å². The summed E-state index contributed by atoms with van der Waals surface area (Å²) in [5, 5.41) is 9.27. The molecule has 0 aromatic rings. The van der Waals surface area contributed by atoms with Gasteiger partial charge in [-0.15, -0.1) is 0 Å². The van der Waals surface area contributed by atoms with Gasteiger partial charge in [0.25, 0.3) is 0 Å². The monoisotopic (exact) mass is 270 g/mol. The van der Waals surface area contributed by atoms with Gasteiger partial charge in [-0.1, -0.05) is 13.8 Å². The highest BCUT2D eigenvalue weighted by atomic mass is 16.4. The highest BCUT2D eigenvalue weighted by Crippen LogP contribution is 2.26. The summed E-state index contributed by atoms with van der Waals surface area (Å²) < 4.78 is 0. The number of aliphatic carboxylic acids is 1. The highest BCUT2D eigenvalue weighted by Gasteiger charge is 2.47. The second kappa shape index (κ2) is 5.69. The van der Waals surface area contributed by atoms with E-state index < -0.39 is 17.6 Å². The van der Waals surface area contributed by atoms with Gasteiger partial charge in [-0.25, -0.2) is 0 Å². The quantitative estimate of drug-likeness (QED) is 0.719. The number of hydrogen-bond donors (Lipinski definition) is 1. The van der Waals surface area contributed by atoms with Crippen LogP contribution in [0.25, 0.3) is 0 Å². The molecule has 0 spiro atoms. The Hall–Kier alpha value is -1.43. The van der Waals surface area contributed by atoms with Crippen LogP contribution in [0.5, 0.6) is 0 Å². The molecule has 6 nitrogen and oxygen atoms in total. The van der Waals surface area contributed by atoms with Gasteiger partial charge in [-0.3, -0.25) is 24.2 Å². The van der Waals surface area contributed by atoms with Crippen LogP contribution in [0.15, 0.2) is 0 Å². The standard InChI is InChI=1S/C13H22N2O4/c1-5-7-14-10(16)8-9(11(14)17)15(6-2)13(3,4)12(18)19/h9H,5-8H2,1-4H3,(H,18,19). The second-order valence-corrected chi connectivity index (χ2v) is 5.25. The van der Waals surface area contributed by atoms with E-state index in [2.05, 4.69) is 0 Å². The lowest BCUT2D eigenvalue weighted by Crippen LogP contribution is -2.56. The third-order valence-corrected chi connectivity index (χ3v) is 3.63. The Labute approximate surface area is 113 Å². The lowest BCUT2D eigenvalue weighted by molar-refractivity contribution is -0.152. The van der Waals surface area contributed by atoms with Crippen LogP contribution in [0.1, 0.15) is 40.5 Å². The Bertz CT molecular complexity index is 392. The van der Waals surface area contributed by atoms with E-state index in [1.807, 2.05) is 6.92 Å². The topological polar surface area (TPSA) is 77.9 Å². The van der Waals surface area contributed by atoms with Crippen LogP contribution in [0.2, 0.25) is 0 Å². The Balaban J connectivity index is 2.99. The summed E-state index contributed by atoms with van der Waals surface area (Å²) in [4.78, 5) is 38.2. The molecule has 108 valence electrons. The summed E-state index contributed by atoms with van der Waals surface area (Å²) in [5.41, 5.74) is -1.17. The fourth-order valence-electron chi connectivity index (χ4n) is 2.50. The number of likely N-dealkylation sites (N-methyl/N-ethyl adjacent to an activating group) is 1. The van der Waals surface area contributed by atoms with E-state index >= 15 is 0 Å². The summed E-state index contributed by atoms with van der Waals surface area (Å²) >= 11 is 0. The molecular weight excluding hydrogens is 248 g/mol. The lowest BCUT2D eigenvalue weighted by atomic mass is 9.99. The maximum absolute atomic E-state index is 12.2. The summed E-state index contributed by atoms with van der Waals surface area (Å²) in [6, 6.07) is -0.657. The molecule has 1 saturated heterocycles. The van der Waals surface area contributed by atoms with Crippen molar-refractivity contribution in [2.45, 2.75) is 52.1 Å². The number of hydrogen-bond acceptors (Lipinski definition) is 4. The third kappa shape index (κ3) is 2.78. The van der Waals surface area contributed by atoms with Gasteiger partial charge in [-0.2, -0.15) is 0 Å². The van der Waals surface area contributed by atoms with Gasteiger partial charge < -0.3 is 5.11 Å². The van der Waals surface area contributed by atoms with E-state index in [0.29, 0.717) is 19.5 Å². The van der Waals surface area contributed by atoms with Gasteiger partial charge >= 0.3 is 5.97 Å². The number of nitrogens with zero attached hydrogens (tertiary/aromatic N) is 2. The number of carboxylic acids is 1. The molecule has 0 aromatic heterocycles. The number of carbonyl (C=O) groups is 3. The maximum Gasteiger partial charge on any atom is 0.323 e. The van der Waals surface area contributed by atoms with Crippen LogP contribution in [-0.4, -0.2) is 57.4 Å². The van der Waals surface area contributed by atoms with E-state index in [0.717, 1.165) is 0 Å². The van der Waals surface area contributed by atoms with Crippen LogP contribution >= 0.6 is 0 Å². The third-order valence-electron chi connectivity index (χ3n) is 3.63. The van der Waals surface area contributed by atoms with Gasteiger partial charge in [0.15, 0.2) is 0 Å². The first-order chi connectivity index (χ1) is 8.77. The number of rotatable bonds is 6. The molecule has 6 heteroatoms. The minimum atomic E-state index is -1.17. The predicted molar refractivity (Wildman–Crippen MR) is 69.5 cm³/mol. The van der Waals surface area contributed by atoms with Crippen molar-refractivity contribution in [2.75, 3.05) is 13.1 Å². The van der Waals surface area contributed by atoms with E-state index in [-0.39, 0.29) is 18.2 Å². The molecule has 1 unspecified atom stereocenters. The molecule has 1 aliphatic rings. The van der Waals surface area contributed by atoms with Crippen LogP contribution in [0.3, 0.4) is 0 Å². The summed E-state index contributed by atoms with van der Waals surface area (Å²) in [7, 11) is 0. The van der Waals surface area contributed by atoms with E-state index in [1.54, 1.807) is 25.7 Å².